The van der Waals surface area contributed by atoms with E-state index in [0.717, 1.165) is 23.5 Å². The number of amides is 2. The number of aromatic nitrogens is 2. The molecule has 144 valence electrons. The third kappa shape index (κ3) is 4.03. The molecule has 1 saturated heterocycles. The van der Waals surface area contributed by atoms with Crippen molar-refractivity contribution in [1.29, 1.82) is 0 Å². The molecule has 0 saturated carbocycles. The summed E-state index contributed by atoms with van der Waals surface area (Å²) in [7, 11) is 0. The molecule has 3 rings (SSSR count). The molecular weight excluding hydrogens is 360 g/mol. The van der Waals surface area contributed by atoms with Gasteiger partial charge in [-0.15, -0.1) is 10.2 Å². The summed E-state index contributed by atoms with van der Waals surface area (Å²) in [6.07, 6.45) is 2.04. The number of hydrogen-bond acceptors (Lipinski definition) is 5. The van der Waals surface area contributed by atoms with E-state index in [1.54, 1.807) is 0 Å². The van der Waals surface area contributed by atoms with Gasteiger partial charge in [0.2, 0.25) is 16.9 Å². The average molecular weight is 387 g/mol. The first-order valence-electron chi connectivity index (χ1n) is 9.38. The molecular formula is C20H26N4O2S. The van der Waals surface area contributed by atoms with E-state index in [9.17, 15) is 9.59 Å². The number of carbonyl (C=O) groups is 2. The topological polar surface area (TPSA) is 75.2 Å². The van der Waals surface area contributed by atoms with E-state index < -0.39 is 5.41 Å². The van der Waals surface area contributed by atoms with Crippen LogP contribution < -0.4 is 10.2 Å². The molecule has 1 aromatic heterocycles. The minimum absolute atomic E-state index is 0.00440. The number of aryl methyl sites for hydroxylation is 1. The molecule has 6 nitrogen and oxygen atoms in total. The summed E-state index contributed by atoms with van der Waals surface area (Å²) in [5.41, 5.74) is 1.70. The number of nitrogens with zero attached hydrogens (tertiary/aromatic N) is 3. The number of benzene rings is 1. The van der Waals surface area contributed by atoms with Crippen LogP contribution in [0.4, 0.5) is 10.8 Å². The fraction of sp³-hybridized carbons (Fsp3) is 0.500. The molecule has 0 spiro atoms. The van der Waals surface area contributed by atoms with Crippen LogP contribution in [0.5, 0.6) is 0 Å². The van der Waals surface area contributed by atoms with Gasteiger partial charge in [-0.05, 0) is 24.5 Å². The smallest absolute Gasteiger partial charge is 0.231 e. The van der Waals surface area contributed by atoms with Crippen LogP contribution in [0, 0.1) is 5.41 Å². The lowest BCUT2D eigenvalue weighted by Gasteiger charge is -2.20. The molecule has 2 heterocycles. The first-order valence-corrected chi connectivity index (χ1v) is 10.2. The Balaban J connectivity index is 1.73. The van der Waals surface area contributed by atoms with Crippen LogP contribution in [-0.4, -0.2) is 28.6 Å². The molecule has 0 aliphatic carbocycles. The Morgan fingerprint density at radius 2 is 2.04 bits per heavy atom. The predicted molar refractivity (Wildman–Crippen MR) is 108 cm³/mol. The second-order valence-electron chi connectivity index (χ2n) is 7.52. The highest BCUT2D eigenvalue weighted by molar-refractivity contribution is 7.15. The van der Waals surface area contributed by atoms with Gasteiger partial charge in [0.15, 0.2) is 0 Å². The van der Waals surface area contributed by atoms with Gasteiger partial charge in [0.1, 0.15) is 5.01 Å². The average Bonchev–Trinajstić information content (AvgIpc) is 3.28. The van der Waals surface area contributed by atoms with Gasteiger partial charge < -0.3 is 10.2 Å². The second kappa shape index (κ2) is 7.76. The zero-order valence-electron chi connectivity index (χ0n) is 16.3. The highest BCUT2D eigenvalue weighted by Gasteiger charge is 2.35. The van der Waals surface area contributed by atoms with Gasteiger partial charge in [0, 0.05) is 30.0 Å². The van der Waals surface area contributed by atoms with Gasteiger partial charge in [-0.3, -0.25) is 9.59 Å². The molecule has 1 unspecified atom stereocenters. The van der Waals surface area contributed by atoms with Gasteiger partial charge in [-0.1, -0.05) is 57.2 Å². The van der Waals surface area contributed by atoms with E-state index in [4.69, 9.17) is 0 Å². The Bertz CT molecular complexity index is 846. The molecule has 1 aliphatic heterocycles. The lowest BCUT2D eigenvalue weighted by Crippen LogP contribution is -2.29. The summed E-state index contributed by atoms with van der Waals surface area (Å²) in [6.45, 7) is 8.48. The SMILES string of the molecule is CCc1ccccc1N1CC(c2nnc(NC(=O)C(C)(C)CC)s2)CC1=O. The molecule has 1 aliphatic rings. The summed E-state index contributed by atoms with van der Waals surface area (Å²) in [5, 5.41) is 12.5. The number of nitrogens with one attached hydrogen (secondary N) is 1. The number of anilines is 2. The normalized spacial score (nSPS) is 17.4. The van der Waals surface area contributed by atoms with Crippen molar-refractivity contribution in [3.63, 3.8) is 0 Å². The number of rotatable bonds is 6. The minimum atomic E-state index is -0.449. The Hall–Kier alpha value is -2.28. The quantitative estimate of drug-likeness (QED) is 0.814. The summed E-state index contributed by atoms with van der Waals surface area (Å²) in [5.74, 6) is 0.0484. The van der Waals surface area contributed by atoms with Crippen molar-refractivity contribution >= 4 is 34.0 Å². The van der Waals surface area contributed by atoms with E-state index in [0.29, 0.717) is 18.1 Å². The molecule has 27 heavy (non-hydrogen) atoms. The Kier molecular flexibility index (Phi) is 5.60. The van der Waals surface area contributed by atoms with Gasteiger partial charge in [0.25, 0.3) is 0 Å². The van der Waals surface area contributed by atoms with Crippen LogP contribution in [0.1, 0.15) is 57.0 Å². The highest BCUT2D eigenvalue weighted by atomic mass is 32.1. The Morgan fingerprint density at radius 3 is 2.74 bits per heavy atom. The molecule has 0 radical (unpaired) electrons. The third-order valence-electron chi connectivity index (χ3n) is 5.30. The van der Waals surface area contributed by atoms with E-state index in [-0.39, 0.29) is 17.7 Å². The van der Waals surface area contributed by atoms with Crippen LogP contribution in [0.2, 0.25) is 0 Å². The van der Waals surface area contributed by atoms with Crippen LogP contribution in [-0.2, 0) is 16.0 Å². The zero-order chi connectivity index (χ0) is 19.6. The summed E-state index contributed by atoms with van der Waals surface area (Å²) < 4.78 is 0. The maximum atomic E-state index is 12.6. The Morgan fingerprint density at radius 1 is 1.30 bits per heavy atom. The third-order valence-corrected chi connectivity index (χ3v) is 6.30. The molecule has 7 heteroatoms. The summed E-state index contributed by atoms with van der Waals surface area (Å²) in [6, 6.07) is 8.02. The van der Waals surface area contributed by atoms with Crippen molar-refractivity contribution in [2.45, 2.75) is 52.9 Å². The van der Waals surface area contributed by atoms with E-state index in [1.165, 1.54) is 16.9 Å². The van der Waals surface area contributed by atoms with E-state index >= 15 is 0 Å². The number of para-hydroxylation sites is 1. The highest BCUT2D eigenvalue weighted by Crippen LogP contribution is 2.36. The number of hydrogen-bond donors (Lipinski definition) is 1. The summed E-state index contributed by atoms with van der Waals surface area (Å²) in [4.78, 5) is 26.8. The molecule has 1 N–H and O–H groups in total. The minimum Gasteiger partial charge on any atom is -0.311 e. The van der Waals surface area contributed by atoms with Crippen molar-refractivity contribution in [3.8, 4) is 0 Å². The monoisotopic (exact) mass is 386 g/mol. The standard InChI is InChI=1S/C20H26N4O2S/c1-5-13-9-7-8-10-15(13)24-12-14(11-16(24)25)17-22-23-19(27-17)21-18(26)20(3,4)6-2/h7-10,14H,5-6,11-12H2,1-4H3,(H,21,23,26). The molecule has 1 fully saturated rings. The van der Waals surface area contributed by atoms with Crippen LogP contribution in [0.15, 0.2) is 24.3 Å². The molecule has 0 bridgehead atoms. The van der Waals surface area contributed by atoms with Gasteiger partial charge >= 0.3 is 0 Å². The van der Waals surface area contributed by atoms with Gasteiger partial charge in [-0.25, -0.2) is 0 Å². The van der Waals surface area contributed by atoms with Gasteiger partial charge in [0.05, 0.1) is 0 Å². The van der Waals surface area contributed by atoms with E-state index in [1.807, 2.05) is 43.9 Å². The maximum Gasteiger partial charge on any atom is 0.231 e. The van der Waals surface area contributed by atoms with E-state index in [2.05, 4.69) is 28.5 Å². The molecule has 1 atom stereocenters. The molecule has 2 aromatic rings. The van der Waals surface area contributed by atoms with Crippen molar-refractivity contribution in [2.24, 2.45) is 5.41 Å². The zero-order valence-corrected chi connectivity index (χ0v) is 17.1. The van der Waals surface area contributed by atoms with Crippen LogP contribution in [0.25, 0.3) is 0 Å². The van der Waals surface area contributed by atoms with Crippen molar-refractivity contribution in [3.05, 3.63) is 34.8 Å². The Labute approximate surface area is 164 Å². The fourth-order valence-corrected chi connectivity index (χ4v) is 3.89. The van der Waals surface area contributed by atoms with Crippen molar-refractivity contribution in [2.75, 3.05) is 16.8 Å². The predicted octanol–water partition coefficient (Wildman–Crippen LogP) is 4.00. The fourth-order valence-electron chi connectivity index (χ4n) is 3.06. The first kappa shape index (κ1) is 19.5. The molecule has 2 amide bonds. The second-order valence-corrected chi connectivity index (χ2v) is 8.53. The lowest BCUT2D eigenvalue weighted by atomic mass is 9.89. The number of carbonyl (C=O) groups excluding carboxylic acids is 2. The van der Waals surface area contributed by atoms with Crippen LogP contribution in [0.3, 0.4) is 0 Å². The van der Waals surface area contributed by atoms with Crippen molar-refractivity contribution < 1.29 is 9.59 Å². The summed E-state index contributed by atoms with van der Waals surface area (Å²) >= 11 is 1.36. The van der Waals surface area contributed by atoms with Gasteiger partial charge in [-0.2, -0.15) is 0 Å². The largest absolute Gasteiger partial charge is 0.311 e. The van der Waals surface area contributed by atoms with Crippen LogP contribution >= 0.6 is 11.3 Å². The lowest BCUT2D eigenvalue weighted by molar-refractivity contribution is -0.124. The maximum absolute atomic E-state index is 12.6. The first-order chi connectivity index (χ1) is 12.9. The van der Waals surface area contributed by atoms with Crippen molar-refractivity contribution in [1.82, 2.24) is 10.2 Å². The molecule has 1 aromatic carbocycles.